The lowest BCUT2D eigenvalue weighted by molar-refractivity contribution is -0.117. The van der Waals surface area contributed by atoms with Crippen molar-refractivity contribution in [2.45, 2.75) is 43.5 Å². The minimum Gasteiger partial charge on any atom is -0.325 e. The third-order valence-corrected chi connectivity index (χ3v) is 9.57. The Morgan fingerprint density at radius 2 is 1.79 bits per heavy atom. The van der Waals surface area contributed by atoms with Crippen LogP contribution in [0, 0.1) is 5.41 Å². The first-order valence-corrected chi connectivity index (χ1v) is 13.7. The van der Waals surface area contributed by atoms with Crippen molar-refractivity contribution in [1.29, 1.82) is 0 Å². The van der Waals surface area contributed by atoms with E-state index < -0.39 is 15.6 Å². The summed E-state index contributed by atoms with van der Waals surface area (Å²) in [6.45, 7) is 6.38. The number of carbonyl (C=O) groups is 1. The Balaban J connectivity index is 1.39. The Morgan fingerprint density at radius 1 is 1.12 bits per heavy atom. The van der Waals surface area contributed by atoms with Crippen molar-refractivity contribution in [2.75, 3.05) is 31.5 Å². The van der Waals surface area contributed by atoms with Crippen LogP contribution in [0.25, 0.3) is 0 Å². The van der Waals surface area contributed by atoms with Gasteiger partial charge in [-0.2, -0.15) is 4.31 Å². The van der Waals surface area contributed by atoms with Gasteiger partial charge >= 0.3 is 0 Å². The van der Waals surface area contributed by atoms with Crippen LogP contribution in [-0.2, 0) is 14.8 Å². The SMILES string of the molecule is CC1(C)CC2(CCN(CC(=O)Nc3ccc(Br)cc3)CC2)CN1S(=O)(=O)c1cccc(Cl)c1. The molecule has 2 aliphatic rings. The van der Waals surface area contributed by atoms with Crippen LogP contribution in [0.5, 0.6) is 0 Å². The van der Waals surface area contributed by atoms with Gasteiger partial charge in [-0.05, 0) is 94.1 Å². The molecule has 0 aromatic heterocycles. The zero-order valence-corrected chi connectivity index (χ0v) is 22.0. The van der Waals surface area contributed by atoms with E-state index in [1.165, 1.54) is 6.07 Å². The number of halogens is 2. The molecule has 9 heteroatoms. The summed E-state index contributed by atoms with van der Waals surface area (Å²) in [6.07, 6.45) is 2.53. The number of benzene rings is 2. The van der Waals surface area contributed by atoms with Gasteiger partial charge in [0.15, 0.2) is 0 Å². The van der Waals surface area contributed by atoms with E-state index in [2.05, 4.69) is 26.1 Å². The zero-order chi connectivity index (χ0) is 23.9. The Bertz CT molecular complexity index is 1130. The number of rotatable bonds is 5. The van der Waals surface area contributed by atoms with E-state index in [0.29, 0.717) is 18.1 Å². The first-order chi connectivity index (χ1) is 15.5. The summed E-state index contributed by atoms with van der Waals surface area (Å²) >= 11 is 9.46. The molecule has 0 atom stereocenters. The number of carbonyl (C=O) groups excluding carboxylic acids is 1. The monoisotopic (exact) mass is 553 g/mol. The number of hydrogen-bond acceptors (Lipinski definition) is 4. The Hall–Kier alpha value is -1.45. The van der Waals surface area contributed by atoms with Gasteiger partial charge in [0.05, 0.1) is 11.4 Å². The topological polar surface area (TPSA) is 69.7 Å². The molecule has 2 saturated heterocycles. The average Bonchev–Trinajstić information content (AvgIpc) is 3.02. The summed E-state index contributed by atoms with van der Waals surface area (Å²) in [5.41, 5.74) is 0.215. The van der Waals surface area contributed by atoms with Crippen LogP contribution in [0.3, 0.4) is 0 Å². The van der Waals surface area contributed by atoms with E-state index >= 15 is 0 Å². The highest BCUT2D eigenvalue weighted by Crippen LogP contribution is 2.49. The van der Waals surface area contributed by atoms with Gasteiger partial charge in [-0.25, -0.2) is 8.42 Å². The molecule has 0 saturated carbocycles. The normalized spacial score (nSPS) is 20.7. The fourth-order valence-corrected chi connectivity index (χ4v) is 7.66. The lowest BCUT2D eigenvalue weighted by atomic mass is 9.74. The van der Waals surface area contributed by atoms with E-state index in [1.54, 1.807) is 22.5 Å². The number of sulfonamides is 1. The zero-order valence-electron chi connectivity index (χ0n) is 18.9. The lowest BCUT2D eigenvalue weighted by Gasteiger charge is -2.39. The van der Waals surface area contributed by atoms with Gasteiger partial charge in [-0.3, -0.25) is 9.69 Å². The third kappa shape index (κ3) is 5.46. The number of nitrogens with one attached hydrogen (secondary N) is 1. The second-order valence-corrected chi connectivity index (χ2v) is 13.0. The van der Waals surface area contributed by atoms with Crippen LogP contribution < -0.4 is 5.32 Å². The van der Waals surface area contributed by atoms with Crippen LogP contribution in [0.15, 0.2) is 57.9 Å². The molecular weight excluding hydrogens is 526 g/mol. The van der Waals surface area contributed by atoms with Crippen molar-refractivity contribution in [3.05, 3.63) is 58.0 Å². The van der Waals surface area contributed by atoms with Crippen molar-refractivity contribution < 1.29 is 13.2 Å². The van der Waals surface area contributed by atoms with Gasteiger partial charge in [-0.15, -0.1) is 0 Å². The molecule has 2 aromatic rings. The minimum absolute atomic E-state index is 0.0369. The van der Waals surface area contributed by atoms with Gasteiger partial charge in [0.1, 0.15) is 0 Å². The van der Waals surface area contributed by atoms with Gasteiger partial charge in [0.2, 0.25) is 15.9 Å². The molecule has 0 aliphatic carbocycles. The summed E-state index contributed by atoms with van der Waals surface area (Å²) in [7, 11) is -3.65. The van der Waals surface area contributed by atoms with Crippen molar-refractivity contribution in [1.82, 2.24) is 9.21 Å². The van der Waals surface area contributed by atoms with E-state index in [9.17, 15) is 13.2 Å². The highest BCUT2D eigenvalue weighted by molar-refractivity contribution is 9.10. The van der Waals surface area contributed by atoms with Crippen LogP contribution in [0.2, 0.25) is 5.02 Å². The quantitative estimate of drug-likeness (QED) is 0.565. The van der Waals surface area contributed by atoms with Gasteiger partial charge < -0.3 is 5.32 Å². The highest BCUT2D eigenvalue weighted by Gasteiger charge is 2.53. The van der Waals surface area contributed by atoms with E-state index in [4.69, 9.17) is 11.6 Å². The molecule has 0 bridgehead atoms. The second-order valence-electron chi connectivity index (χ2n) is 9.79. The molecule has 0 unspecified atom stereocenters. The predicted octanol–water partition coefficient (Wildman–Crippen LogP) is 5.00. The first kappa shape index (κ1) is 24.7. The summed E-state index contributed by atoms with van der Waals surface area (Å²) in [5.74, 6) is -0.0369. The number of anilines is 1. The Labute approximate surface area is 209 Å². The number of hydrogen-bond donors (Lipinski definition) is 1. The molecule has 178 valence electrons. The number of likely N-dealkylation sites (tertiary alicyclic amines) is 1. The minimum atomic E-state index is -3.65. The van der Waals surface area contributed by atoms with Crippen molar-refractivity contribution in [2.24, 2.45) is 5.41 Å². The molecular formula is C24H29BrClN3O3S. The van der Waals surface area contributed by atoms with Crippen LogP contribution in [0.4, 0.5) is 5.69 Å². The summed E-state index contributed by atoms with van der Waals surface area (Å²) in [6, 6.07) is 14.0. The third-order valence-electron chi connectivity index (χ3n) is 6.76. The molecule has 6 nitrogen and oxygen atoms in total. The first-order valence-electron chi connectivity index (χ1n) is 11.1. The summed E-state index contributed by atoms with van der Waals surface area (Å²) < 4.78 is 29.5. The maximum Gasteiger partial charge on any atom is 0.243 e. The van der Waals surface area contributed by atoms with E-state index in [0.717, 1.165) is 42.5 Å². The Kier molecular flexibility index (Phi) is 6.95. The maximum absolute atomic E-state index is 13.4. The fraction of sp³-hybridized carbons (Fsp3) is 0.458. The fourth-order valence-electron chi connectivity index (χ4n) is 5.20. The maximum atomic E-state index is 13.4. The van der Waals surface area contributed by atoms with Crippen LogP contribution in [-0.4, -0.2) is 55.2 Å². The molecule has 1 amide bonds. The number of amides is 1. The number of nitrogens with zero attached hydrogens (tertiary/aromatic N) is 2. The standard InChI is InChI=1S/C24H29BrClN3O3S/c1-23(2)16-24(17-29(23)33(31,32)21-5-3-4-19(26)14-21)10-12-28(13-11-24)15-22(30)27-20-8-6-18(25)7-9-20/h3-9,14H,10-13,15-17H2,1-2H3,(H,27,30). The van der Waals surface area contributed by atoms with Crippen molar-refractivity contribution >= 4 is 49.1 Å². The predicted molar refractivity (Wildman–Crippen MR) is 135 cm³/mol. The van der Waals surface area contributed by atoms with E-state index in [1.807, 2.05) is 38.1 Å². The van der Waals surface area contributed by atoms with Crippen LogP contribution in [0.1, 0.15) is 33.1 Å². The second kappa shape index (κ2) is 9.30. The van der Waals surface area contributed by atoms with Crippen LogP contribution >= 0.6 is 27.5 Å². The van der Waals surface area contributed by atoms with Crippen molar-refractivity contribution in [3.63, 3.8) is 0 Å². The molecule has 0 radical (unpaired) electrons. The largest absolute Gasteiger partial charge is 0.325 e. The van der Waals surface area contributed by atoms with Gasteiger partial charge in [0.25, 0.3) is 0 Å². The smallest absolute Gasteiger partial charge is 0.243 e. The molecule has 33 heavy (non-hydrogen) atoms. The van der Waals surface area contributed by atoms with Gasteiger partial charge in [0, 0.05) is 27.3 Å². The molecule has 2 fully saturated rings. The molecule has 4 rings (SSSR count). The molecule has 2 heterocycles. The summed E-state index contributed by atoms with van der Waals surface area (Å²) in [4.78, 5) is 14.9. The van der Waals surface area contributed by atoms with Gasteiger partial charge in [-0.1, -0.05) is 33.6 Å². The van der Waals surface area contributed by atoms with Crippen molar-refractivity contribution in [3.8, 4) is 0 Å². The Morgan fingerprint density at radius 3 is 2.42 bits per heavy atom. The number of piperidine rings is 1. The molecule has 1 N–H and O–H groups in total. The molecule has 1 spiro atoms. The molecule has 2 aromatic carbocycles. The lowest BCUT2D eigenvalue weighted by Crippen LogP contribution is -2.45. The average molecular weight is 555 g/mol. The highest BCUT2D eigenvalue weighted by atomic mass is 79.9. The molecule has 2 aliphatic heterocycles. The summed E-state index contributed by atoms with van der Waals surface area (Å²) in [5, 5.41) is 3.35. The van der Waals surface area contributed by atoms with E-state index in [-0.39, 0.29) is 16.2 Å².